The molecule has 1 rings (SSSR count). The van der Waals surface area contributed by atoms with E-state index in [1.54, 1.807) is 6.92 Å². The normalized spacial score (nSPS) is 12.3. The van der Waals surface area contributed by atoms with Gasteiger partial charge in [0.1, 0.15) is 0 Å². The maximum Gasteiger partial charge on any atom is 0.416 e. The Morgan fingerprint density at radius 3 is 2.28 bits per heavy atom. The Bertz CT molecular complexity index is 449. The molecule has 0 aliphatic heterocycles. The zero-order chi connectivity index (χ0) is 13.8. The average Bonchev–Trinajstić information content (AvgIpc) is 2.27. The van der Waals surface area contributed by atoms with Crippen LogP contribution in [0.25, 0.3) is 0 Å². The van der Waals surface area contributed by atoms with E-state index in [1.165, 1.54) is 18.2 Å². The molecule has 1 amide bonds. The molecule has 1 aromatic rings. The first-order chi connectivity index (χ1) is 8.32. The third kappa shape index (κ3) is 4.12. The van der Waals surface area contributed by atoms with Crippen molar-refractivity contribution in [2.24, 2.45) is 5.73 Å². The molecule has 0 saturated carbocycles. The number of carbonyl (C=O) groups excluding carboxylic acids is 1. The molecule has 98 valence electrons. The zero-order valence-corrected chi connectivity index (χ0v) is 9.71. The van der Waals surface area contributed by atoms with Crippen LogP contribution in [0.2, 0.25) is 0 Å². The summed E-state index contributed by atoms with van der Waals surface area (Å²) in [4.78, 5) is 10.7. The van der Waals surface area contributed by atoms with Gasteiger partial charge < -0.3 is 11.1 Å². The summed E-state index contributed by atoms with van der Waals surface area (Å²) < 4.78 is 37.0. The van der Waals surface area contributed by atoms with Crippen molar-refractivity contribution in [1.29, 1.82) is 0 Å². The molecule has 0 heterocycles. The van der Waals surface area contributed by atoms with Crippen LogP contribution in [0.5, 0.6) is 0 Å². The summed E-state index contributed by atoms with van der Waals surface area (Å²) in [6.45, 7) is 1.80. The maximum absolute atomic E-state index is 12.3. The van der Waals surface area contributed by atoms with Gasteiger partial charge in [-0.2, -0.15) is 13.2 Å². The second kappa shape index (κ2) is 5.57. The largest absolute Gasteiger partial charge is 0.416 e. The topological polar surface area (TPSA) is 55.1 Å². The van der Waals surface area contributed by atoms with Gasteiger partial charge in [0.25, 0.3) is 0 Å². The minimum Gasteiger partial charge on any atom is -0.366 e. The first-order valence-corrected chi connectivity index (χ1v) is 5.27. The summed E-state index contributed by atoms with van der Waals surface area (Å²) in [5.74, 6) is -0.605. The maximum atomic E-state index is 12.3. The fourth-order valence-corrected chi connectivity index (χ4v) is 1.33. The number of halogens is 3. The number of primary amides is 1. The highest BCUT2D eigenvalue weighted by Crippen LogP contribution is 2.30. The van der Waals surface area contributed by atoms with Gasteiger partial charge in [-0.25, -0.2) is 0 Å². The van der Waals surface area contributed by atoms with E-state index < -0.39 is 17.6 Å². The Morgan fingerprint density at radius 1 is 1.33 bits per heavy atom. The first kappa shape index (κ1) is 14.1. The zero-order valence-electron chi connectivity index (χ0n) is 9.71. The fourth-order valence-electron chi connectivity index (χ4n) is 1.33. The molecule has 0 bridgehead atoms. The van der Waals surface area contributed by atoms with Crippen molar-refractivity contribution >= 4 is 11.6 Å². The number of allylic oxidation sites excluding steroid dienone is 1. The van der Waals surface area contributed by atoms with E-state index in [4.69, 9.17) is 5.73 Å². The van der Waals surface area contributed by atoms with Crippen LogP contribution in [0.3, 0.4) is 0 Å². The summed E-state index contributed by atoms with van der Waals surface area (Å²) in [5.41, 5.74) is 5.30. The Morgan fingerprint density at radius 2 is 1.89 bits per heavy atom. The second-order valence-corrected chi connectivity index (χ2v) is 3.63. The average molecular weight is 258 g/mol. The van der Waals surface area contributed by atoms with Crippen LogP contribution in [0, 0.1) is 0 Å². The highest BCUT2D eigenvalue weighted by Gasteiger charge is 2.29. The van der Waals surface area contributed by atoms with Gasteiger partial charge in [0.05, 0.1) is 5.56 Å². The Kier molecular flexibility index (Phi) is 4.36. The molecule has 0 aliphatic rings. The summed E-state index contributed by atoms with van der Waals surface area (Å²) >= 11 is 0. The Labute approximate surface area is 102 Å². The highest BCUT2D eigenvalue weighted by atomic mass is 19.4. The molecule has 0 aliphatic carbocycles. The van der Waals surface area contributed by atoms with Gasteiger partial charge >= 0.3 is 6.18 Å². The van der Waals surface area contributed by atoms with Crippen molar-refractivity contribution in [3.63, 3.8) is 0 Å². The standard InChI is InChI=1S/C12H13F3N2O/c1-2-9(7-11(16)18)17-10-5-3-8(4-6-10)12(13,14)15/h3-7,17H,2H2,1H3,(H2,16,18). The summed E-state index contributed by atoms with van der Waals surface area (Å²) in [6, 6.07) is 4.54. The second-order valence-electron chi connectivity index (χ2n) is 3.63. The van der Waals surface area contributed by atoms with E-state index in [0.29, 0.717) is 17.8 Å². The summed E-state index contributed by atoms with van der Waals surface area (Å²) in [6.07, 6.45) is -2.63. The molecule has 0 saturated heterocycles. The monoisotopic (exact) mass is 258 g/mol. The van der Waals surface area contributed by atoms with E-state index in [0.717, 1.165) is 12.1 Å². The lowest BCUT2D eigenvalue weighted by Gasteiger charge is -2.10. The molecule has 0 aromatic heterocycles. The number of benzene rings is 1. The molecule has 0 unspecified atom stereocenters. The van der Waals surface area contributed by atoms with Gasteiger partial charge in [0.15, 0.2) is 0 Å². The van der Waals surface area contributed by atoms with Crippen LogP contribution >= 0.6 is 0 Å². The number of anilines is 1. The van der Waals surface area contributed by atoms with Crippen molar-refractivity contribution in [2.75, 3.05) is 5.32 Å². The number of carbonyl (C=O) groups is 1. The predicted molar refractivity (Wildman–Crippen MR) is 62.6 cm³/mol. The summed E-state index contributed by atoms with van der Waals surface area (Å²) in [7, 11) is 0. The number of hydrogen-bond donors (Lipinski definition) is 2. The number of amides is 1. The van der Waals surface area contributed by atoms with E-state index in [1.807, 2.05) is 0 Å². The van der Waals surface area contributed by atoms with Crippen LogP contribution < -0.4 is 11.1 Å². The third-order valence-corrected chi connectivity index (χ3v) is 2.21. The van der Waals surface area contributed by atoms with Crippen LogP contribution in [0.4, 0.5) is 18.9 Å². The number of rotatable bonds is 4. The lowest BCUT2D eigenvalue weighted by atomic mass is 10.2. The summed E-state index contributed by atoms with van der Waals surface area (Å²) in [5, 5.41) is 2.83. The SMILES string of the molecule is CCC(=CC(N)=O)Nc1ccc(C(F)(F)F)cc1. The van der Waals surface area contributed by atoms with Crippen molar-refractivity contribution in [3.8, 4) is 0 Å². The van der Waals surface area contributed by atoms with Gasteiger partial charge in [-0.3, -0.25) is 4.79 Å². The van der Waals surface area contributed by atoms with Crippen LogP contribution in [0.15, 0.2) is 36.0 Å². The molecule has 3 N–H and O–H groups in total. The number of hydrogen-bond acceptors (Lipinski definition) is 2. The number of nitrogens with one attached hydrogen (secondary N) is 1. The van der Waals surface area contributed by atoms with E-state index >= 15 is 0 Å². The van der Waals surface area contributed by atoms with E-state index in [-0.39, 0.29) is 0 Å². The Hall–Kier alpha value is -1.98. The molecular formula is C12H13F3N2O. The molecule has 0 radical (unpaired) electrons. The third-order valence-electron chi connectivity index (χ3n) is 2.21. The minimum atomic E-state index is -4.35. The predicted octanol–water partition coefficient (Wildman–Crippen LogP) is 2.90. The molecule has 0 spiro atoms. The first-order valence-electron chi connectivity index (χ1n) is 5.27. The van der Waals surface area contributed by atoms with Gasteiger partial charge in [-0.05, 0) is 30.7 Å². The highest BCUT2D eigenvalue weighted by molar-refractivity contribution is 5.87. The van der Waals surface area contributed by atoms with Crippen LogP contribution in [0.1, 0.15) is 18.9 Å². The van der Waals surface area contributed by atoms with Gasteiger partial charge in [-0.15, -0.1) is 0 Å². The van der Waals surface area contributed by atoms with Crippen LogP contribution in [-0.4, -0.2) is 5.91 Å². The lowest BCUT2D eigenvalue weighted by Crippen LogP contribution is -2.10. The lowest BCUT2D eigenvalue weighted by molar-refractivity contribution is -0.137. The van der Waals surface area contributed by atoms with Gasteiger partial charge in [0.2, 0.25) is 5.91 Å². The quantitative estimate of drug-likeness (QED) is 0.816. The van der Waals surface area contributed by atoms with Crippen molar-refractivity contribution in [1.82, 2.24) is 0 Å². The smallest absolute Gasteiger partial charge is 0.366 e. The molecule has 18 heavy (non-hydrogen) atoms. The van der Waals surface area contributed by atoms with E-state index in [9.17, 15) is 18.0 Å². The minimum absolute atomic E-state index is 0.470. The van der Waals surface area contributed by atoms with Gasteiger partial charge in [0, 0.05) is 17.5 Å². The Balaban J connectivity index is 2.84. The van der Waals surface area contributed by atoms with Crippen molar-refractivity contribution in [2.45, 2.75) is 19.5 Å². The number of nitrogens with two attached hydrogens (primary N) is 1. The molecule has 3 nitrogen and oxygen atoms in total. The molecular weight excluding hydrogens is 245 g/mol. The van der Waals surface area contributed by atoms with Gasteiger partial charge in [-0.1, -0.05) is 6.92 Å². The molecule has 0 fully saturated rings. The van der Waals surface area contributed by atoms with Crippen molar-refractivity contribution in [3.05, 3.63) is 41.6 Å². The molecule has 6 heteroatoms. The van der Waals surface area contributed by atoms with E-state index in [2.05, 4.69) is 5.32 Å². The number of alkyl halides is 3. The molecule has 1 aromatic carbocycles. The molecule has 0 atom stereocenters. The fraction of sp³-hybridized carbons (Fsp3) is 0.250. The van der Waals surface area contributed by atoms with Crippen LogP contribution in [-0.2, 0) is 11.0 Å². The van der Waals surface area contributed by atoms with Crippen molar-refractivity contribution < 1.29 is 18.0 Å².